The zero-order chi connectivity index (χ0) is 13.4. The Labute approximate surface area is 114 Å². The van der Waals surface area contributed by atoms with E-state index in [9.17, 15) is 9.90 Å². The molecule has 0 spiro atoms. The van der Waals surface area contributed by atoms with E-state index in [1.54, 1.807) is 6.07 Å². The van der Waals surface area contributed by atoms with Gasteiger partial charge >= 0.3 is 0 Å². The molecule has 2 bridgehead atoms. The fourth-order valence-electron chi connectivity index (χ4n) is 3.52. The van der Waals surface area contributed by atoms with E-state index in [0.717, 1.165) is 18.7 Å². The smallest absolute Gasteiger partial charge is 0.254 e. The second-order valence-electron chi connectivity index (χ2n) is 6.11. The molecule has 2 atom stereocenters. The van der Waals surface area contributed by atoms with Crippen LogP contribution in [0.5, 0.6) is 5.75 Å². The average Bonchev–Trinajstić information content (AvgIpc) is 2.40. The predicted octanol–water partition coefficient (Wildman–Crippen LogP) is 2.96. The van der Waals surface area contributed by atoms with Crippen LogP contribution in [-0.4, -0.2) is 29.0 Å². The lowest BCUT2D eigenvalue weighted by Crippen LogP contribution is -2.45. The van der Waals surface area contributed by atoms with Crippen LogP contribution >= 0.6 is 0 Å². The zero-order valence-corrected chi connectivity index (χ0v) is 11.4. The van der Waals surface area contributed by atoms with Gasteiger partial charge in [-0.2, -0.15) is 0 Å². The number of carbonyl (C=O) groups excluding carboxylic acids is 1. The number of phenolic OH excluding ortho intramolecular Hbond substituents is 1. The summed E-state index contributed by atoms with van der Waals surface area (Å²) < 4.78 is 0. The zero-order valence-electron chi connectivity index (χ0n) is 11.4. The number of aromatic hydroxyl groups is 1. The standard InChI is InChI=1S/C16H21NO2/c1-11-5-6-14(8-15(11)18)16(19)17-9-12-3-2-4-13(7-12)10-17/h5-6,8,12-13,18H,2-4,7,9-10H2,1H3/t12-,13-/m1/s1. The van der Waals surface area contributed by atoms with Crippen molar-refractivity contribution in [1.82, 2.24) is 4.90 Å². The van der Waals surface area contributed by atoms with Gasteiger partial charge in [0, 0.05) is 18.7 Å². The molecule has 1 aromatic carbocycles. The molecule has 1 aromatic rings. The number of hydrogen-bond donors (Lipinski definition) is 1. The first-order valence-electron chi connectivity index (χ1n) is 7.22. The van der Waals surface area contributed by atoms with Crippen LogP contribution in [0.1, 0.15) is 41.6 Å². The normalized spacial score (nSPS) is 26.3. The lowest BCUT2D eigenvalue weighted by atomic mass is 9.78. The van der Waals surface area contributed by atoms with Crippen molar-refractivity contribution in [2.45, 2.75) is 32.6 Å². The molecule has 3 nitrogen and oxygen atoms in total. The molecule has 1 saturated carbocycles. The van der Waals surface area contributed by atoms with E-state index in [1.807, 2.05) is 24.0 Å². The first kappa shape index (κ1) is 12.5. The maximum Gasteiger partial charge on any atom is 0.254 e. The third-order valence-electron chi connectivity index (χ3n) is 4.59. The van der Waals surface area contributed by atoms with Crippen molar-refractivity contribution in [1.29, 1.82) is 0 Å². The third-order valence-corrected chi connectivity index (χ3v) is 4.59. The molecule has 1 amide bonds. The highest BCUT2D eigenvalue weighted by molar-refractivity contribution is 5.94. The summed E-state index contributed by atoms with van der Waals surface area (Å²) >= 11 is 0. The summed E-state index contributed by atoms with van der Waals surface area (Å²) in [7, 11) is 0. The van der Waals surface area contributed by atoms with Gasteiger partial charge in [-0.1, -0.05) is 12.5 Å². The number of likely N-dealkylation sites (tertiary alicyclic amines) is 1. The predicted molar refractivity (Wildman–Crippen MR) is 74.2 cm³/mol. The van der Waals surface area contributed by atoms with Gasteiger partial charge in [0.25, 0.3) is 5.91 Å². The molecule has 3 rings (SSSR count). The maximum atomic E-state index is 12.5. The number of fused-ring (bicyclic) bond motifs is 2. The van der Waals surface area contributed by atoms with E-state index >= 15 is 0 Å². The molecular formula is C16H21NO2. The van der Waals surface area contributed by atoms with Crippen molar-refractivity contribution in [3.05, 3.63) is 29.3 Å². The first-order chi connectivity index (χ1) is 9.13. The third kappa shape index (κ3) is 2.46. The summed E-state index contributed by atoms with van der Waals surface area (Å²) in [5.41, 5.74) is 1.43. The van der Waals surface area contributed by atoms with Crippen LogP contribution in [0.3, 0.4) is 0 Å². The van der Waals surface area contributed by atoms with Crippen molar-refractivity contribution < 1.29 is 9.90 Å². The molecule has 1 heterocycles. The van der Waals surface area contributed by atoms with Crippen LogP contribution < -0.4 is 0 Å². The van der Waals surface area contributed by atoms with Crippen molar-refractivity contribution >= 4 is 5.91 Å². The minimum Gasteiger partial charge on any atom is -0.508 e. The number of piperidine rings is 1. The number of benzene rings is 1. The van der Waals surface area contributed by atoms with Crippen LogP contribution in [0, 0.1) is 18.8 Å². The van der Waals surface area contributed by atoms with Gasteiger partial charge in [-0.15, -0.1) is 0 Å². The van der Waals surface area contributed by atoms with Gasteiger partial charge in [0.1, 0.15) is 5.75 Å². The Morgan fingerprint density at radius 2 is 1.95 bits per heavy atom. The summed E-state index contributed by atoms with van der Waals surface area (Å²) in [4.78, 5) is 14.5. The monoisotopic (exact) mass is 259 g/mol. The molecular weight excluding hydrogens is 238 g/mol. The largest absolute Gasteiger partial charge is 0.508 e. The van der Waals surface area contributed by atoms with Crippen molar-refractivity contribution in [2.24, 2.45) is 11.8 Å². The molecule has 0 radical (unpaired) electrons. The van der Waals surface area contributed by atoms with Crippen LogP contribution in [0.25, 0.3) is 0 Å². The Kier molecular flexibility index (Phi) is 3.21. The Hall–Kier alpha value is -1.51. The molecule has 1 aliphatic heterocycles. The van der Waals surface area contributed by atoms with Crippen LogP contribution in [0.15, 0.2) is 18.2 Å². The summed E-state index contributed by atoms with van der Waals surface area (Å²) in [6, 6.07) is 5.23. The summed E-state index contributed by atoms with van der Waals surface area (Å²) in [5.74, 6) is 1.67. The van der Waals surface area contributed by atoms with Crippen molar-refractivity contribution in [2.75, 3.05) is 13.1 Å². The lowest BCUT2D eigenvalue weighted by molar-refractivity contribution is 0.0504. The van der Waals surface area contributed by atoms with E-state index in [2.05, 4.69) is 0 Å². The van der Waals surface area contributed by atoms with Gasteiger partial charge in [0.2, 0.25) is 0 Å². The average molecular weight is 259 g/mol. The molecule has 0 aromatic heterocycles. The quantitative estimate of drug-likeness (QED) is 0.842. The Bertz CT molecular complexity index is 486. The second-order valence-corrected chi connectivity index (χ2v) is 6.11. The number of aryl methyl sites for hydroxylation is 1. The van der Waals surface area contributed by atoms with E-state index < -0.39 is 0 Å². The molecule has 0 unspecified atom stereocenters. The molecule has 102 valence electrons. The SMILES string of the molecule is Cc1ccc(C(=O)N2C[C@@H]3CCC[C@H](C3)C2)cc1O. The minimum atomic E-state index is 0.0758. The molecule has 2 aliphatic rings. The summed E-state index contributed by atoms with van der Waals surface area (Å²) in [6.07, 6.45) is 5.14. The highest BCUT2D eigenvalue weighted by atomic mass is 16.3. The highest BCUT2D eigenvalue weighted by Gasteiger charge is 2.32. The van der Waals surface area contributed by atoms with E-state index in [4.69, 9.17) is 0 Å². The van der Waals surface area contributed by atoms with Crippen LogP contribution in [-0.2, 0) is 0 Å². The highest BCUT2D eigenvalue weighted by Crippen LogP contribution is 2.35. The molecule has 3 heteroatoms. The van der Waals surface area contributed by atoms with Gasteiger partial charge in [-0.05, 0) is 55.7 Å². The first-order valence-corrected chi connectivity index (χ1v) is 7.22. The molecule has 1 N–H and O–H groups in total. The second kappa shape index (κ2) is 4.87. The number of nitrogens with zero attached hydrogens (tertiary/aromatic N) is 1. The van der Waals surface area contributed by atoms with Gasteiger partial charge in [-0.3, -0.25) is 4.79 Å². The minimum absolute atomic E-state index is 0.0758. The number of rotatable bonds is 1. The summed E-state index contributed by atoms with van der Waals surface area (Å²) in [6.45, 7) is 3.63. The van der Waals surface area contributed by atoms with E-state index in [0.29, 0.717) is 17.4 Å². The van der Waals surface area contributed by atoms with Crippen molar-refractivity contribution in [3.8, 4) is 5.75 Å². The Morgan fingerprint density at radius 1 is 1.26 bits per heavy atom. The topological polar surface area (TPSA) is 40.5 Å². The lowest BCUT2D eigenvalue weighted by Gasteiger charge is -2.41. The number of hydrogen-bond acceptors (Lipinski definition) is 2. The van der Waals surface area contributed by atoms with Crippen LogP contribution in [0.4, 0.5) is 0 Å². The van der Waals surface area contributed by atoms with Crippen LogP contribution in [0.2, 0.25) is 0 Å². The Morgan fingerprint density at radius 3 is 2.58 bits per heavy atom. The fraction of sp³-hybridized carbons (Fsp3) is 0.562. The van der Waals surface area contributed by atoms with Gasteiger partial charge in [0.05, 0.1) is 0 Å². The number of phenols is 1. The van der Waals surface area contributed by atoms with Gasteiger partial charge < -0.3 is 10.0 Å². The number of amides is 1. The van der Waals surface area contributed by atoms with Gasteiger partial charge in [-0.25, -0.2) is 0 Å². The number of carbonyl (C=O) groups is 1. The Balaban J connectivity index is 1.78. The summed E-state index contributed by atoms with van der Waals surface area (Å²) in [5, 5.41) is 9.74. The van der Waals surface area contributed by atoms with E-state index in [1.165, 1.54) is 25.7 Å². The molecule has 19 heavy (non-hydrogen) atoms. The molecule has 1 aliphatic carbocycles. The maximum absolute atomic E-state index is 12.5. The fourth-order valence-corrected chi connectivity index (χ4v) is 3.52. The molecule has 1 saturated heterocycles. The van der Waals surface area contributed by atoms with Gasteiger partial charge in [0.15, 0.2) is 0 Å². The van der Waals surface area contributed by atoms with E-state index in [-0.39, 0.29) is 11.7 Å². The van der Waals surface area contributed by atoms with Crippen molar-refractivity contribution in [3.63, 3.8) is 0 Å². The molecule has 2 fully saturated rings.